The van der Waals surface area contributed by atoms with Crippen LogP contribution in [0.4, 0.5) is 5.69 Å². The van der Waals surface area contributed by atoms with Crippen LogP contribution < -0.4 is 5.73 Å². The number of nitrogens with zero attached hydrogens (tertiary/aromatic N) is 1. The van der Waals surface area contributed by atoms with Gasteiger partial charge in [0.15, 0.2) is 0 Å². The van der Waals surface area contributed by atoms with Gasteiger partial charge in [0.25, 0.3) is 0 Å². The normalized spacial score (nSPS) is 21.5. The van der Waals surface area contributed by atoms with Crippen molar-refractivity contribution in [1.29, 1.82) is 0 Å². The summed E-state index contributed by atoms with van der Waals surface area (Å²) >= 11 is 3.26. The Morgan fingerprint density at radius 2 is 2.21 bits per heavy atom. The van der Waals surface area contributed by atoms with Gasteiger partial charge in [0.1, 0.15) is 0 Å². The van der Waals surface area contributed by atoms with E-state index in [0.717, 1.165) is 12.8 Å². The molecule has 0 spiro atoms. The quantitative estimate of drug-likeness (QED) is 0.845. The van der Waals surface area contributed by atoms with E-state index in [9.17, 15) is 8.42 Å². The highest BCUT2D eigenvalue weighted by atomic mass is 79.9. The van der Waals surface area contributed by atoms with Gasteiger partial charge in [-0.3, -0.25) is 0 Å². The Kier molecular flexibility index (Phi) is 4.50. The van der Waals surface area contributed by atoms with E-state index in [4.69, 9.17) is 10.5 Å². The first-order chi connectivity index (χ1) is 8.95. The van der Waals surface area contributed by atoms with Gasteiger partial charge in [-0.2, -0.15) is 4.31 Å². The SMILES string of the molecule is COC1CCCN(S(=O)(=O)c2ccc(Br)c(N)c2)C1. The zero-order valence-electron chi connectivity index (χ0n) is 10.7. The Hall–Kier alpha value is -0.630. The molecule has 1 fully saturated rings. The minimum Gasteiger partial charge on any atom is -0.398 e. The van der Waals surface area contributed by atoms with Gasteiger partial charge in [0, 0.05) is 30.4 Å². The van der Waals surface area contributed by atoms with Crippen molar-refractivity contribution in [3.8, 4) is 0 Å². The molecule has 0 bridgehead atoms. The second kappa shape index (κ2) is 5.78. The Bertz CT molecular complexity index is 562. The second-order valence-corrected chi connectivity index (χ2v) is 7.34. The van der Waals surface area contributed by atoms with E-state index in [2.05, 4.69) is 15.9 Å². The average molecular weight is 349 g/mol. The summed E-state index contributed by atoms with van der Waals surface area (Å²) in [5, 5.41) is 0. The predicted octanol–water partition coefficient (Wildman–Crippen LogP) is 1.83. The van der Waals surface area contributed by atoms with Gasteiger partial charge in [-0.05, 0) is 47.0 Å². The Morgan fingerprint density at radius 1 is 1.47 bits per heavy atom. The van der Waals surface area contributed by atoms with Crippen molar-refractivity contribution in [3.63, 3.8) is 0 Å². The fourth-order valence-electron chi connectivity index (χ4n) is 2.15. The molecule has 19 heavy (non-hydrogen) atoms. The van der Waals surface area contributed by atoms with Crippen molar-refractivity contribution < 1.29 is 13.2 Å². The maximum absolute atomic E-state index is 12.5. The highest BCUT2D eigenvalue weighted by Crippen LogP contribution is 2.26. The molecule has 0 aromatic heterocycles. The van der Waals surface area contributed by atoms with Gasteiger partial charge < -0.3 is 10.5 Å². The van der Waals surface area contributed by atoms with E-state index >= 15 is 0 Å². The molecule has 0 amide bonds. The van der Waals surface area contributed by atoms with Crippen LogP contribution in [0.2, 0.25) is 0 Å². The standard InChI is InChI=1S/C12H17BrN2O3S/c1-18-9-3-2-6-15(8-9)19(16,17)10-4-5-11(13)12(14)7-10/h4-5,7,9H,2-3,6,8,14H2,1H3. The number of sulfonamides is 1. The number of nitrogens with two attached hydrogens (primary N) is 1. The molecule has 2 rings (SSSR count). The molecule has 1 aromatic rings. The van der Waals surface area contributed by atoms with Crippen LogP contribution in [-0.4, -0.2) is 39.0 Å². The van der Waals surface area contributed by atoms with Gasteiger partial charge in [0.2, 0.25) is 10.0 Å². The van der Waals surface area contributed by atoms with Crippen LogP contribution in [0, 0.1) is 0 Å². The monoisotopic (exact) mass is 348 g/mol. The summed E-state index contributed by atoms with van der Waals surface area (Å²) < 4.78 is 32.4. The van der Waals surface area contributed by atoms with Crippen LogP contribution in [0.1, 0.15) is 12.8 Å². The summed E-state index contributed by atoms with van der Waals surface area (Å²) in [5.41, 5.74) is 6.16. The molecule has 1 aliphatic rings. The van der Waals surface area contributed by atoms with Crippen LogP contribution >= 0.6 is 15.9 Å². The third-order valence-electron chi connectivity index (χ3n) is 3.28. The molecule has 1 unspecified atom stereocenters. The van der Waals surface area contributed by atoms with Gasteiger partial charge in [-0.1, -0.05) is 0 Å². The number of ether oxygens (including phenoxy) is 1. The summed E-state index contributed by atoms with van der Waals surface area (Å²) in [6, 6.07) is 4.70. The topological polar surface area (TPSA) is 72.6 Å². The number of anilines is 1. The fourth-order valence-corrected chi connectivity index (χ4v) is 3.94. The first kappa shape index (κ1) is 14.8. The van der Waals surface area contributed by atoms with Crippen LogP contribution in [0.15, 0.2) is 27.6 Å². The number of hydrogen-bond acceptors (Lipinski definition) is 4. The van der Waals surface area contributed by atoms with E-state index in [0.29, 0.717) is 23.2 Å². The number of piperidine rings is 1. The maximum atomic E-state index is 12.5. The van der Waals surface area contributed by atoms with Crippen molar-refractivity contribution >= 4 is 31.6 Å². The zero-order chi connectivity index (χ0) is 14.0. The third kappa shape index (κ3) is 3.10. The van der Waals surface area contributed by atoms with E-state index in [-0.39, 0.29) is 11.0 Å². The number of nitrogen functional groups attached to an aromatic ring is 1. The van der Waals surface area contributed by atoms with E-state index in [1.807, 2.05) is 0 Å². The molecule has 0 aliphatic carbocycles. The minimum atomic E-state index is -3.49. The first-order valence-corrected chi connectivity index (χ1v) is 8.26. The molecule has 0 saturated carbocycles. The molecule has 106 valence electrons. The summed E-state index contributed by atoms with van der Waals surface area (Å²) in [7, 11) is -1.88. The molecule has 1 saturated heterocycles. The highest BCUT2D eigenvalue weighted by molar-refractivity contribution is 9.10. The average Bonchev–Trinajstić information content (AvgIpc) is 2.41. The zero-order valence-corrected chi connectivity index (χ0v) is 13.1. The molecule has 1 atom stereocenters. The van der Waals surface area contributed by atoms with E-state index in [1.165, 1.54) is 10.4 Å². The smallest absolute Gasteiger partial charge is 0.243 e. The summed E-state index contributed by atoms with van der Waals surface area (Å²) in [6.07, 6.45) is 1.67. The maximum Gasteiger partial charge on any atom is 0.243 e. The minimum absolute atomic E-state index is 0.0312. The molecule has 1 aliphatic heterocycles. The first-order valence-electron chi connectivity index (χ1n) is 6.03. The largest absolute Gasteiger partial charge is 0.398 e. The molecule has 2 N–H and O–H groups in total. The van der Waals surface area contributed by atoms with Crippen molar-refractivity contribution in [1.82, 2.24) is 4.31 Å². The fraction of sp³-hybridized carbons (Fsp3) is 0.500. The number of rotatable bonds is 3. The van der Waals surface area contributed by atoms with Crippen LogP contribution in [0.3, 0.4) is 0 Å². The second-order valence-electron chi connectivity index (χ2n) is 4.55. The molecule has 7 heteroatoms. The van der Waals surface area contributed by atoms with E-state index < -0.39 is 10.0 Å². The van der Waals surface area contributed by atoms with Crippen molar-refractivity contribution in [2.24, 2.45) is 0 Å². The van der Waals surface area contributed by atoms with Crippen molar-refractivity contribution in [2.45, 2.75) is 23.8 Å². The van der Waals surface area contributed by atoms with Crippen molar-refractivity contribution in [2.75, 3.05) is 25.9 Å². The van der Waals surface area contributed by atoms with E-state index in [1.54, 1.807) is 19.2 Å². The lowest BCUT2D eigenvalue weighted by Gasteiger charge is -2.31. The highest BCUT2D eigenvalue weighted by Gasteiger charge is 2.30. The summed E-state index contributed by atoms with van der Waals surface area (Å²) in [4.78, 5) is 0.227. The number of halogens is 1. The molecular weight excluding hydrogens is 332 g/mol. The number of benzene rings is 1. The lowest BCUT2D eigenvalue weighted by molar-refractivity contribution is 0.0572. The van der Waals surface area contributed by atoms with Gasteiger partial charge in [0.05, 0.1) is 11.0 Å². The van der Waals surface area contributed by atoms with Gasteiger partial charge >= 0.3 is 0 Å². The van der Waals surface area contributed by atoms with Gasteiger partial charge in [-0.25, -0.2) is 8.42 Å². The molecule has 1 aromatic carbocycles. The van der Waals surface area contributed by atoms with Gasteiger partial charge in [-0.15, -0.1) is 0 Å². The number of hydrogen-bond donors (Lipinski definition) is 1. The predicted molar refractivity (Wildman–Crippen MR) is 77.3 cm³/mol. The lowest BCUT2D eigenvalue weighted by Crippen LogP contribution is -2.42. The Labute approximate surface area is 121 Å². The lowest BCUT2D eigenvalue weighted by atomic mass is 10.1. The summed E-state index contributed by atoms with van der Waals surface area (Å²) in [5.74, 6) is 0. The molecular formula is C12H17BrN2O3S. The van der Waals surface area contributed by atoms with Crippen LogP contribution in [0.25, 0.3) is 0 Å². The summed E-state index contributed by atoms with van der Waals surface area (Å²) in [6.45, 7) is 0.924. The van der Waals surface area contributed by atoms with Crippen molar-refractivity contribution in [3.05, 3.63) is 22.7 Å². The third-order valence-corrected chi connectivity index (χ3v) is 5.86. The Balaban J connectivity index is 2.28. The molecule has 1 heterocycles. The van der Waals surface area contributed by atoms with Crippen LogP contribution in [-0.2, 0) is 14.8 Å². The molecule has 5 nitrogen and oxygen atoms in total. The van der Waals surface area contributed by atoms with Crippen LogP contribution in [0.5, 0.6) is 0 Å². The number of methoxy groups -OCH3 is 1. The molecule has 0 radical (unpaired) electrons. The Morgan fingerprint density at radius 3 is 2.84 bits per heavy atom.